The van der Waals surface area contributed by atoms with Gasteiger partial charge in [0.2, 0.25) is 0 Å². The summed E-state index contributed by atoms with van der Waals surface area (Å²) in [4.78, 5) is 0. The van der Waals surface area contributed by atoms with Gasteiger partial charge in [-0.3, -0.25) is 0 Å². The molecule has 0 bridgehead atoms. The zero-order valence-corrected chi connectivity index (χ0v) is 7.01. The number of halogens is 3. The van der Waals surface area contributed by atoms with Crippen LogP contribution in [0.15, 0.2) is 18.3 Å². The van der Waals surface area contributed by atoms with Crippen LogP contribution in [0.2, 0.25) is 0 Å². The third-order valence-electron chi connectivity index (χ3n) is 1.67. The van der Waals surface area contributed by atoms with Crippen molar-refractivity contribution in [3.8, 4) is 0 Å². The molecule has 0 fully saturated rings. The van der Waals surface area contributed by atoms with Gasteiger partial charge in [-0.05, 0) is 25.1 Å². The van der Waals surface area contributed by atoms with Crippen molar-refractivity contribution in [1.29, 1.82) is 0 Å². The zero-order valence-electron chi connectivity index (χ0n) is 7.01. The second-order valence-electron chi connectivity index (χ2n) is 2.78. The molecule has 0 saturated heterocycles. The fourth-order valence-corrected chi connectivity index (χ4v) is 1.17. The fraction of sp³-hybridized carbons (Fsp3) is 0.500. The molecule has 1 aromatic heterocycles. The van der Waals surface area contributed by atoms with E-state index in [1.54, 1.807) is 12.1 Å². The van der Waals surface area contributed by atoms with Crippen molar-refractivity contribution < 1.29 is 13.2 Å². The van der Waals surface area contributed by atoms with E-state index in [0.29, 0.717) is 18.7 Å². The summed E-state index contributed by atoms with van der Waals surface area (Å²) in [5, 5.41) is 0. The molecule has 0 unspecified atom stereocenters. The van der Waals surface area contributed by atoms with Crippen LogP contribution < -0.4 is 5.73 Å². The molecular formula is C8H11F3N2. The molecule has 2 nitrogen and oxygen atoms in total. The first-order chi connectivity index (χ1) is 6.03. The number of nitrogens with two attached hydrogens (primary N) is 1. The standard InChI is InChI=1S/C8H11F3N2/c9-8(10,11)6-13-5-1-2-7(13)3-4-12/h1-2,5H,3-4,6,12H2. The maximum absolute atomic E-state index is 12.0. The molecule has 1 rings (SSSR count). The molecule has 0 atom stereocenters. The number of hydrogen-bond donors (Lipinski definition) is 1. The first-order valence-corrected chi connectivity index (χ1v) is 3.94. The highest BCUT2D eigenvalue weighted by molar-refractivity contribution is 5.07. The Morgan fingerprint density at radius 1 is 1.38 bits per heavy atom. The van der Waals surface area contributed by atoms with Gasteiger partial charge in [0, 0.05) is 11.9 Å². The largest absolute Gasteiger partial charge is 0.406 e. The van der Waals surface area contributed by atoms with E-state index < -0.39 is 12.7 Å². The van der Waals surface area contributed by atoms with Gasteiger partial charge >= 0.3 is 6.18 Å². The monoisotopic (exact) mass is 192 g/mol. The summed E-state index contributed by atoms with van der Waals surface area (Å²) in [5.74, 6) is 0. The lowest BCUT2D eigenvalue weighted by molar-refractivity contribution is -0.140. The summed E-state index contributed by atoms with van der Waals surface area (Å²) in [6.07, 6.45) is -2.27. The Morgan fingerprint density at radius 3 is 2.62 bits per heavy atom. The average molecular weight is 192 g/mol. The minimum Gasteiger partial charge on any atom is -0.342 e. The van der Waals surface area contributed by atoms with E-state index in [0.717, 1.165) is 0 Å². The number of hydrogen-bond acceptors (Lipinski definition) is 1. The Labute approximate surface area is 74.1 Å². The second-order valence-corrected chi connectivity index (χ2v) is 2.78. The Bertz CT molecular complexity index is 265. The number of alkyl halides is 3. The van der Waals surface area contributed by atoms with Crippen molar-refractivity contribution in [2.24, 2.45) is 5.73 Å². The number of nitrogens with zero attached hydrogens (tertiary/aromatic N) is 1. The lowest BCUT2D eigenvalue weighted by Crippen LogP contribution is -2.19. The minimum absolute atomic E-state index is 0.363. The molecule has 0 aliphatic heterocycles. The molecule has 1 aromatic rings. The molecular weight excluding hydrogens is 181 g/mol. The molecule has 0 aliphatic carbocycles. The van der Waals surface area contributed by atoms with E-state index in [1.807, 2.05) is 0 Å². The van der Waals surface area contributed by atoms with Crippen LogP contribution in [-0.4, -0.2) is 17.3 Å². The molecule has 0 spiro atoms. The topological polar surface area (TPSA) is 30.9 Å². The molecule has 5 heteroatoms. The van der Waals surface area contributed by atoms with Crippen LogP contribution in [0.3, 0.4) is 0 Å². The molecule has 0 radical (unpaired) electrons. The van der Waals surface area contributed by atoms with Crippen molar-refractivity contribution in [2.45, 2.75) is 19.1 Å². The Kier molecular flexibility index (Phi) is 2.98. The van der Waals surface area contributed by atoms with Gasteiger partial charge in [-0.1, -0.05) is 0 Å². The third kappa shape index (κ3) is 3.10. The smallest absolute Gasteiger partial charge is 0.342 e. The molecule has 0 aromatic carbocycles. The molecule has 1 heterocycles. The summed E-state index contributed by atoms with van der Waals surface area (Å²) < 4.78 is 37.1. The molecule has 0 saturated carbocycles. The maximum atomic E-state index is 12.0. The van der Waals surface area contributed by atoms with Crippen LogP contribution in [-0.2, 0) is 13.0 Å². The van der Waals surface area contributed by atoms with Crippen LogP contribution in [0.25, 0.3) is 0 Å². The molecule has 0 amide bonds. The zero-order chi connectivity index (χ0) is 9.90. The van der Waals surface area contributed by atoms with Crippen molar-refractivity contribution in [2.75, 3.05) is 6.54 Å². The predicted octanol–water partition coefficient (Wildman–Crippen LogP) is 1.55. The van der Waals surface area contributed by atoms with Gasteiger partial charge < -0.3 is 10.3 Å². The van der Waals surface area contributed by atoms with Crippen molar-refractivity contribution in [3.63, 3.8) is 0 Å². The first kappa shape index (κ1) is 10.1. The highest BCUT2D eigenvalue weighted by Crippen LogP contribution is 2.18. The third-order valence-corrected chi connectivity index (χ3v) is 1.67. The summed E-state index contributed by atoms with van der Waals surface area (Å²) in [6.45, 7) is -0.572. The van der Waals surface area contributed by atoms with Crippen molar-refractivity contribution >= 4 is 0 Å². The Morgan fingerprint density at radius 2 is 2.08 bits per heavy atom. The van der Waals surface area contributed by atoms with Gasteiger partial charge in [0.25, 0.3) is 0 Å². The van der Waals surface area contributed by atoms with E-state index in [4.69, 9.17) is 5.73 Å². The van der Waals surface area contributed by atoms with Crippen LogP contribution in [0.1, 0.15) is 5.69 Å². The van der Waals surface area contributed by atoms with Gasteiger partial charge in [0.05, 0.1) is 0 Å². The highest BCUT2D eigenvalue weighted by Gasteiger charge is 2.28. The van der Waals surface area contributed by atoms with E-state index in [9.17, 15) is 13.2 Å². The normalized spacial score (nSPS) is 12.0. The van der Waals surface area contributed by atoms with E-state index >= 15 is 0 Å². The fourth-order valence-electron chi connectivity index (χ4n) is 1.17. The minimum atomic E-state index is -4.16. The van der Waals surface area contributed by atoms with Gasteiger partial charge in [-0.25, -0.2) is 0 Å². The number of rotatable bonds is 3. The van der Waals surface area contributed by atoms with Crippen molar-refractivity contribution in [3.05, 3.63) is 24.0 Å². The van der Waals surface area contributed by atoms with Gasteiger partial charge in [0.15, 0.2) is 0 Å². The highest BCUT2D eigenvalue weighted by atomic mass is 19.4. The van der Waals surface area contributed by atoms with Crippen molar-refractivity contribution in [1.82, 2.24) is 4.57 Å². The average Bonchev–Trinajstić information content (AvgIpc) is 2.34. The van der Waals surface area contributed by atoms with Crippen LogP contribution in [0.5, 0.6) is 0 Å². The molecule has 13 heavy (non-hydrogen) atoms. The summed E-state index contributed by atoms with van der Waals surface area (Å²) >= 11 is 0. The van der Waals surface area contributed by atoms with Gasteiger partial charge in [-0.2, -0.15) is 13.2 Å². The van der Waals surface area contributed by atoms with E-state index in [-0.39, 0.29) is 0 Å². The van der Waals surface area contributed by atoms with Crippen LogP contribution in [0.4, 0.5) is 13.2 Å². The number of aromatic nitrogens is 1. The lowest BCUT2D eigenvalue weighted by atomic mass is 10.3. The first-order valence-electron chi connectivity index (χ1n) is 3.94. The summed E-state index contributed by atoms with van der Waals surface area (Å²) in [6, 6.07) is 3.25. The van der Waals surface area contributed by atoms with E-state index in [1.165, 1.54) is 10.8 Å². The maximum Gasteiger partial charge on any atom is 0.406 e. The molecule has 0 aliphatic rings. The van der Waals surface area contributed by atoms with Crippen LogP contribution in [0, 0.1) is 0 Å². The molecule has 2 N–H and O–H groups in total. The quantitative estimate of drug-likeness (QED) is 0.773. The summed E-state index contributed by atoms with van der Waals surface area (Å²) in [7, 11) is 0. The Balaban J connectivity index is 2.70. The van der Waals surface area contributed by atoms with Crippen LogP contribution >= 0.6 is 0 Å². The Hall–Kier alpha value is -0.970. The van der Waals surface area contributed by atoms with Gasteiger partial charge in [0.1, 0.15) is 6.54 Å². The SMILES string of the molecule is NCCc1cccn1CC(F)(F)F. The summed E-state index contributed by atoms with van der Waals surface area (Å²) in [5.41, 5.74) is 5.88. The van der Waals surface area contributed by atoms with E-state index in [2.05, 4.69) is 0 Å². The second kappa shape index (κ2) is 3.83. The van der Waals surface area contributed by atoms with Gasteiger partial charge in [-0.15, -0.1) is 0 Å². The molecule has 74 valence electrons. The lowest BCUT2D eigenvalue weighted by Gasteiger charge is -2.10. The predicted molar refractivity (Wildman–Crippen MR) is 43.2 cm³/mol.